The average Bonchev–Trinajstić information content (AvgIpc) is 2.69. The van der Waals surface area contributed by atoms with E-state index in [0.717, 1.165) is 10.4 Å². The first-order valence-corrected chi connectivity index (χ1v) is 7.03. The molecule has 1 aromatic rings. The Morgan fingerprint density at radius 1 is 1.41 bits per heavy atom. The maximum absolute atomic E-state index is 5.26. The summed E-state index contributed by atoms with van der Waals surface area (Å²) in [6.07, 6.45) is 3.89. The first kappa shape index (κ1) is 12.9. The highest BCUT2D eigenvalue weighted by atomic mass is 79.9. The lowest BCUT2D eigenvalue weighted by molar-refractivity contribution is 0.185. The van der Waals surface area contributed by atoms with Crippen molar-refractivity contribution in [1.82, 2.24) is 0 Å². The molecule has 1 aliphatic carbocycles. The predicted molar refractivity (Wildman–Crippen MR) is 75.3 cm³/mol. The van der Waals surface area contributed by atoms with Crippen LogP contribution < -0.4 is 5.32 Å². The van der Waals surface area contributed by atoms with Gasteiger partial charge in [0.1, 0.15) is 0 Å². The van der Waals surface area contributed by atoms with Crippen molar-refractivity contribution in [2.45, 2.75) is 38.8 Å². The van der Waals surface area contributed by atoms with Crippen LogP contribution in [0.25, 0.3) is 0 Å². The highest BCUT2D eigenvalue weighted by Gasteiger charge is 2.21. The van der Waals surface area contributed by atoms with E-state index in [9.17, 15) is 0 Å². The SMILES string of the molecule is COCc1c(Br)cccc1NC1CCC(C)C1. The predicted octanol–water partition coefficient (Wildman–Crippen LogP) is 4.20. The van der Waals surface area contributed by atoms with Gasteiger partial charge in [-0.15, -0.1) is 0 Å². The van der Waals surface area contributed by atoms with Crippen LogP contribution in [-0.2, 0) is 11.3 Å². The van der Waals surface area contributed by atoms with Gasteiger partial charge in [0.2, 0.25) is 0 Å². The number of hydrogen-bond acceptors (Lipinski definition) is 2. The third-order valence-corrected chi connectivity index (χ3v) is 4.20. The van der Waals surface area contributed by atoms with Gasteiger partial charge in [-0.05, 0) is 37.3 Å². The summed E-state index contributed by atoms with van der Waals surface area (Å²) in [5.41, 5.74) is 2.43. The molecule has 0 heterocycles. The molecule has 2 nitrogen and oxygen atoms in total. The Morgan fingerprint density at radius 2 is 2.24 bits per heavy atom. The second kappa shape index (κ2) is 5.87. The third-order valence-electron chi connectivity index (χ3n) is 3.46. The van der Waals surface area contributed by atoms with Crippen molar-refractivity contribution in [3.63, 3.8) is 0 Å². The third kappa shape index (κ3) is 3.23. The Hall–Kier alpha value is -0.540. The van der Waals surface area contributed by atoms with Gasteiger partial charge in [-0.25, -0.2) is 0 Å². The summed E-state index contributed by atoms with van der Waals surface area (Å²) < 4.78 is 6.39. The van der Waals surface area contributed by atoms with Gasteiger partial charge in [0.25, 0.3) is 0 Å². The van der Waals surface area contributed by atoms with E-state index in [1.807, 2.05) is 0 Å². The summed E-state index contributed by atoms with van der Waals surface area (Å²) >= 11 is 3.59. The first-order chi connectivity index (χ1) is 8.20. The monoisotopic (exact) mass is 297 g/mol. The Balaban J connectivity index is 2.11. The smallest absolute Gasteiger partial charge is 0.0744 e. The van der Waals surface area contributed by atoms with Crippen LogP contribution in [0.5, 0.6) is 0 Å². The maximum Gasteiger partial charge on any atom is 0.0744 e. The summed E-state index contributed by atoms with van der Waals surface area (Å²) in [5.74, 6) is 0.852. The quantitative estimate of drug-likeness (QED) is 0.899. The van der Waals surface area contributed by atoms with Crippen LogP contribution in [0.4, 0.5) is 5.69 Å². The second-order valence-corrected chi connectivity index (χ2v) is 5.81. The normalized spacial score (nSPS) is 23.9. The molecule has 0 aromatic heterocycles. The molecule has 0 spiro atoms. The van der Waals surface area contributed by atoms with Gasteiger partial charge in [-0.2, -0.15) is 0 Å². The van der Waals surface area contributed by atoms with Crippen molar-refractivity contribution in [2.24, 2.45) is 5.92 Å². The van der Waals surface area contributed by atoms with E-state index in [0.29, 0.717) is 12.6 Å². The molecule has 1 aliphatic rings. The highest BCUT2D eigenvalue weighted by Crippen LogP contribution is 2.31. The molecule has 2 unspecified atom stereocenters. The fourth-order valence-electron chi connectivity index (χ4n) is 2.54. The van der Waals surface area contributed by atoms with Crippen molar-refractivity contribution in [3.05, 3.63) is 28.2 Å². The molecule has 17 heavy (non-hydrogen) atoms. The van der Waals surface area contributed by atoms with Crippen LogP contribution in [0.3, 0.4) is 0 Å². The molecule has 2 atom stereocenters. The number of ether oxygens (including phenoxy) is 1. The van der Waals surface area contributed by atoms with Crippen LogP contribution in [0.1, 0.15) is 31.7 Å². The number of hydrogen-bond donors (Lipinski definition) is 1. The topological polar surface area (TPSA) is 21.3 Å². The van der Waals surface area contributed by atoms with Crippen molar-refractivity contribution in [1.29, 1.82) is 0 Å². The van der Waals surface area contributed by atoms with Crippen LogP contribution in [0.2, 0.25) is 0 Å². The number of anilines is 1. The zero-order valence-corrected chi connectivity index (χ0v) is 12.1. The molecule has 94 valence electrons. The number of benzene rings is 1. The summed E-state index contributed by atoms with van der Waals surface area (Å²) in [5, 5.41) is 3.66. The Labute approximate surface area is 112 Å². The molecule has 0 bridgehead atoms. The van der Waals surface area contributed by atoms with Gasteiger partial charge in [0.15, 0.2) is 0 Å². The van der Waals surface area contributed by atoms with E-state index in [-0.39, 0.29) is 0 Å². The highest BCUT2D eigenvalue weighted by molar-refractivity contribution is 9.10. The lowest BCUT2D eigenvalue weighted by Gasteiger charge is -2.18. The molecule has 0 saturated heterocycles. The molecular formula is C14H20BrNO. The summed E-state index contributed by atoms with van der Waals surface area (Å²) in [6, 6.07) is 6.90. The average molecular weight is 298 g/mol. The maximum atomic E-state index is 5.26. The van der Waals surface area contributed by atoms with Crippen LogP contribution in [0, 0.1) is 5.92 Å². The number of rotatable bonds is 4. The Bertz CT molecular complexity index is 380. The van der Waals surface area contributed by atoms with Gasteiger partial charge in [0, 0.05) is 28.9 Å². The summed E-state index contributed by atoms with van der Waals surface area (Å²) in [4.78, 5) is 0. The Kier molecular flexibility index (Phi) is 4.46. The van der Waals surface area contributed by atoms with Crippen molar-refractivity contribution in [3.8, 4) is 0 Å². The summed E-state index contributed by atoms with van der Waals surface area (Å²) in [7, 11) is 1.74. The number of methoxy groups -OCH3 is 1. The molecular weight excluding hydrogens is 278 g/mol. The minimum Gasteiger partial charge on any atom is -0.382 e. The fraction of sp³-hybridized carbons (Fsp3) is 0.571. The molecule has 1 N–H and O–H groups in total. The van der Waals surface area contributed by atoms with Crippen LogP contribution in [0.15, 0.2) is 22.7 Å². The molecule has 3 heteroatoms. The molecule has 1 saturated carbocycles. The number of nitrogens with one attached hydrogen (secondary N) is 1. The Morgan fingerprint density at radius 3 is 2.88 bits per heavy atom. The fourth-order valence-corrected chi connectivity index (χ4v) is 3.02. The van der Waals surface area contributed by atoms with E-state index >= 15 is 0 Å². The second-order valence-electron chi connectivity index (χ2n) is 4.96. The summed E-state index contributed by atoms with van der Waals surface area (Å²) in [6.45, 7) is 2.98. The standard InChI is InChI=1S/C14H20BrNO/c1-10-6-7-11(8-10)16-14-5-3-4-13(15)12(14)9-17-2/h3-5,10-11,16H,6-9H2,1-2H3. The molecule has 1 aromatic carbocycles. The minimum atomic E-state index is 0.620. The largest absolute Gasteiger partial charge is 0.382 e. The van der Waals surface area contributed by atoms with E-state index in [4.69, 9.17) is 4.74 Å². The van der Waals surface area contributed by atoms with E-state index in [2.05, 4.69) is 46.4 Å². The molecule has 2 rings (SSSR count). The first-order valence-electron chi connectivity index (χ1n) is 6.23. The van der Waals surface area contributed by atoms with Crippen molar-refractivity contribution < 1.29 is 4.74 Å². The van der Waals surface area contributed by atoms with E-state index in [1.165, 1.54) is 30.5 Å². The lowest BCUT2D eigenvalue weighted by atomic mass is 10.1. The number of halogens is 1. The molecule has 0 amide bonds. The molecule has 0 radical (unpaired) electrons. The van der Waals surface area contributed by atoms with E-state index in [1.54, 1.807) is 7.11 Å². The van der Waals surface area contributed by atoms with Crippen molar-refractivity contribution in [2.75, 3.05) is 12.4 Å². The van der Waals surface area contributed by atoms with Gasteiger partial charge in [-0.3, -0.25) is 0 Å². The molecule has 0 aliphatic heterocycles. The van der Waals surface area contributed by atoms with Gasteiger partial charge < -0.3 is 10.1 Å². The zero-order valence-electron chi connectivity index (χ0n) is 10.5. The van der Waals surface area contributed by atoms with Crippen molar-refractivity contribution >= 4 is 21.6 Å². The van der Waals surface area contributed by atoms with Crippen LogP contribution >= 0.6 is 15.9 Å². The zero-order chi connectivity index (χ0) is 12.3. The van der Waals surface area contributed by atoms with Gasteiger partial charge in [-0.1, -0.05) is 28.9 Å². The minimum absolute atomic E-state index is 0.620. The van der Waals surface area contributed by atoms with Gasteiger partial charge >= 0.3 is 0 Å². The van der Waals surface area contributed by atoms with Crippen LogP contribution in [-0.4, -0.2) is 13.2 Å². The van der Waals surface area contributed by atoms with Gasteiger partial charge in [0.05, 0.1) is 6.61 Å². The van der Waals surface area contributed by atoms with E-state index < -0.39 is 0 Å². The molecule has 1 fully saturated rings. The lowest BCUT2D eigenvalue weighted by Crippen LogP contribution is -2.16.